The van der Waals surface area contributed by atoms with Gasteiger partial charge in [-0.2, -0.15) is 0 Å². The number of hydrogen-bond acceptors (Lipinski definition) is 3. The molecule has 2 saturated heterocycles. The summed E-state index contributed by atoms with van der Waals surface area (Å²) in [4.78, 5) is 15.9. The molecular formula is C16H31N3O. The van der Waals surface area contributed by atoms with Crippen LogP contribution in [0.4, 0.5) is 0 Å². The highest BCUT2D eigenvalue weighted by Gasteiger charge is 2.20. The molecule has 0 radical (unpaired) electrons. The maximum absolute atomic E-state index is 11.3. The monoisotopic (exact) mass is 281 g/mol. The van der Waals surface area contributed by atoms with E-state index in [1.165, 1.54) is 38.8 Å². The Labute approximate surface area is 123 Å². The van der Waals surface area contributed by atoms with E-state index in [2.05, 4.69) is 17.1 Å². The minimum atomic E-state index is 0.225. The zero-order chi connectivity index (χ0) is 14.4. The molecule has 1 unspecified atom stereocenters. The number of nitrogens with one attached hydrogen (secondary N) is 1. The second kappa shape index (κ2) is 7.99. The topological polar surface area (TPSA) is 35.6 Å². The fraction of sp³-hybridized carbons (Fsp3) is 0.938. The van der Waals surface area contributed by atoms with Crippen LogP contribution in [0.25, 0.3) is 0 Å². The lowest BCUT2D eigenvalue weighted by Crippen LogP contribution is -2.45. The molecule has 2 heterocycles. The number of amides is 1. The summed E-state index contributed by atoms with van der Waals surface area (Å²) < 4.78 is 0. The average molecular weight is 281 g/mol. The first-order valence-electron chi connectivity index (χ1n) is 8.40. The van der Waals surface area contributed by atoms with Crippen LogP contribution in [0.1, 0.15) is 52.4 Å². The van der Waals surface area contributed by atoms with Gasteiger partial charge in [0, 0.05) is 32.1 Å². The van der Waals surface area contributed by atoms with Crippen LogP contribution in [0.5, 0.6) is 0 Å². The number of nitrogens with zero attached hydrogens (tertiary/aromatic N) is 2. The second-order valence-electron chi connectivity index (χ2n) is 6.47. The van der Waals surface area contributed by atoms with Gasteiger partial charge in [0.1, 0.15) is 0 Å². The molecule has 1 N–H and O–H groups in total. The molecule has 4 nitrogen and oxygen atoms in total. The number of carbonyl (C=O) groups is 1. The SMILES string of the molecule is CC(=O)N1CCC(NCCCN2CCCCC2C)CC1. The number of piperidine rings is 2. The maximum atomic E-state index is 11.3. The number of likely N-dealkylation sites (tertiary alicyclic amines) is 2. The van der Waals surface area contributed by atoms with E-state index in [-0.39, 0.29) is 5.91 Å². The Morgan fingerprint density at radius 1 is 1.15 bits per heavy atom. The van der Waals surface area contributed by atoms with Gasteiger partial charge in [-0.25, -0.2) is 0 Å². The molecule has 20 heavy (non-hydrogen) atoms. The highest BCUT2D eigenvalue weighted by atomic mass is 16.2. The van der Waals surface area contributed by atoms with Crippen LogP contribution in [0, 0.1) is 0 Å². The van der Waals surface area contributed by atoms with Gasteiger partial charge in [0.15, 0.2) is 0 Å². The fourth-order valence-corrected chi connectivity index (χ4v) is 3.48. The third kappa shape index (κ3) is 4.74. The summed E-state index contributed by atoms with van der Waals surface area (Å²) in [5.74, 6) is 0.225. The summed E-state index contributed by atoms with van der Waals surface area (Å²) in [6.45, 7) is 9.54. The third-order valence-corrected chi connectivity index (χ3v) is 4.94. The van der Waals surface area contributed by atoms with E-state index in [9.17, 15) is 4.79 Å². The first-order chi connectivity index (χ1) is 9.66. The van der Waals surface area contributed by atoms with Crippen molar-refractivity contribution in [3.63, 3.8) is 0 Å². The van der Waals surface area contributed by atoms with E-state index in [0.29, 0.717) is 6.04 Å². The minimum absolute atomic E-state index is 0.225. The molecule has 0 aromatic carbocycles. The molecule has 0 aromatic heterocycles. The molecule has 2 aliphatic heterocycles. The first-order valence-corrected chi connectivity index (χ1v) is 8.40. The lowest BCUT2D eigenvalue weighted by atomic mass is 10.0. The molecule has 0 bridgehead atoms. The zero-order valence-corrected chi connectivity index (χ0v) is 13.2. The van der Waals surface area contributed by atoms with E-state index < -0.39 is 0 Å². The van der Waals surface area contributed by atoms with E-state index in [4.69, 9.17) is 0 Å². The van der Waals surface area contributed by atoms with Gasteiger partial charge in [0.25, 0.3) is 0 Å². The Balaban J connectivity index is 1.54. The largest absolute Gasteiger partial charge is 0.343 e. The lowest BCUT2D eigenvalue weighted by molar-refractivity contribution is -0.129. The van der Waals surface area contributed by atoms with Crippen LogP contribution in [0.2, 0.25) is 0 Å². The molecule has 2 rings (SSSR count). The molecule has 0 saturated carbocycles. The normalized spacial score (nSPS) is 25.9. The summed E-state index contributed by atoms with van der Waals surface area (Å²) in [6.07, 6.45) is 7.62. The van der Waals surface area contributed by atoms with Crippen molar-refractivity contribution in [3.05, 3.63) is 0 Å². The van der Waals surface area contributed by atoms with Crippen molar-refractivity contribution < 1.29 is 4.79 Å². The van der Waals surface area contributed by atoms with E-state index in [1.54, 1.807) is 6.92 Å². The Bertz CT molecular complexity index is 300. The van der Waals surface area contributed by atoms with Crippen LogP contribution in [0.3, 0.4) is 0 Å². The molecular weight excluding hydrogens is 250 g/mol. The average Bonchev–Trinajstić information content (AvgIpc) is 2.46. The van der Waals surface area contributed by atoms with Crippen LogP contribution in [-0.4, -0.2) is 60.5 Å². The predicted octanol–water partition coefficient (Wildman–Crippen LogP) is 1.85. The third-order valence-electron chi connectivity index (χ3n) is 4.94. The summed E-state index contributed by atoms with van der Waals surface area (Å²) in [5, 5.41) is 3.67. The van der Waals surface area contributed by atoms with Crippen molar-refractivity contribution in [2.45, 2.75) is 64.5 Å². The second-order valence-corrected chi connectivity index (χ2v) is 6.47. The van der Waals surface area contributed by atoms with Gasteiger partial charge >= 0.3 is 0 Å². The Kier molecular flexibility index (Phi) is 6.30. The highest BCUT2D eigenvalue weighted by molar-refractivity contribution is 5.73. The summed E-state index contributed by atoms with van der Waals surface area (Å²) in [6, 6.07) is 1.40. The molecule has 0 aromatic rings. The number of carbonyl (C=O) groups excluding carboxylic acids is 1. The van der Waals surface area contributed by atoms with Crippen molar-refractivity contribution in [2.24, 2.45) is 0 Å². The van der Waals surface area contributed by atoms with Crippen LogP contribution in [0.15, 0.2) is 0 Å². The molecule has 116 valence electrons. The Morgan fingerprint density at radius 2 is 1.90 bits per heavy atom. The fourth-order valence-electron chi connectivity index (χ4n) is 3.48. The van der Waals surface area contributed by atoms with E-state index >= 15 is 0 Å². The summed E-state index contributed by atoms with van der Waals surface area (Å²) in [7, 11) is 0. The number of hydrogen-bond donors (Lipinski definition) is 1. The highest BCUT2D eigenvalue weighted by Crippen LogP contribution is 2.16. The first kappa shape index (κ1) is 15.8. The molecule has 4 heteroatoms. The molecule has 2 aliphatic rings. The molecule has 1 atom stereocenters. The van der Waals surface area contributed by atoms with Gasteiger partial charge in [-0.1, -0.05) is 6.42 Å². The van der Waals surface area contributed by atoms with Gasteiger partial charge in [0.2, 0.25) is 5.91 Å². The molecule has 0 spiro atoms. The molecule has 0 aliphatic carbocycles. The van der Waals surface area contributed by atoms with Gasteiger partial charge in [-0.3, -0.25) is 4.79 Å². The van der Waals surface area contributed by atoms with Crippen molar-refractivity contribution in [1.29, 1.82) is 0 Å². The Morgan fingerprint density at radius 3 is 2.55 bits per heavy atom. The van der Waals surface area contributed by atoms with Crippen LogP contribution >= 0.6 is 0 Å². The smallest absolute Gasteiger partial charge is 0.219 e. The van der Waals surface area contributed by atoms with Crippen LogP contribution in [-0.2, 0) is 4.79 Å². The van der Waals surface area contributed by atoms with Crippen LogP contribution < -0.4 is 5.32 Å². The van der Waals surface area contributed by atoms with Crippen molar-refractivity contribution in [3.8, 4) is 0 Å². The van der Waals surface area contributed by atoms with Crippen molar-refractivity contribution in [2.75, 3.05) is 32.7 Å². The van der Waals surface area contributed by atoms with Gasteiger partial charge in [0.05, 0.1) is 0 Å². The minimum Gasteiger partial charge on any atom is -0.343 e. The molecule has 1 amide bonds. The van der Waals surface area contributed by atoms with Gasteiger partial charge in [-0.05, 0) is 58.7 Å². The lowest BCUT2D eigenvalue weighted by Gasteiger charge is -2.34. The van der Waals surface area contributed by atoms with E-state index in [0.717, 1.165) is 38.5 Å². The van der Waals surface area contributed by atoms with Gasteiger partial charge < -0.3 is 15.1 Å². The van der Waals surface area contributed by atoms with Gasteiger partial charge in [-0.15, -0.1) is 0 Å². The zero-order valence-electron chi connectivity index (χ0n) is 13.2. The predicted molar refractivity (Wildman–Crippen MR) is 82.8 cm³/mol. The van der Waals surface area contributed by atoms with Crippen molar-refractivity contribution in [1.82, 2.24) is 15.1 Å². The van der Waals surface area contributed by atoms with E-state index in [1.807, 2.05) is 4.90 Å². The molecule has 2 fully saturated rings. The summed E-state index contributed by atoms with van der Waals surface area (Å²) in [5.41, 5.74) is 0. The standard InChI is InChI=1S/C16H31N3O/c1-14-6-3-4-10-18(14)11-5-9-17-16-7-12-19(13-8-16)15(2)20/h14,16-17H,3-13H2,1-2H3. The Hall–Kier alpha value is -0.610. The summed E-state index contributed by atoms with van der Waals surface area (Å²) >= 11 is 0. The number of rotatable bonds is 5. The maximum Gasteiger partial charge on any atom is 0.219 e. The van der Waals surface area contributed by atoms with Crippen molar-refractivity contribution >= 4 is 5.91 Å². The quantitative estimate of drug-likeness (QED) is 0.781.